The SMILES string of the molecule is CCCCCCCCCCCC1c2cc3c(cc2OC)OCCOCCOCCOCCOc2cc(OC)c(cc21)C(CCCCCCCCCCC)c1cc2c(OC)cc1OCCOCCOCCOCCOc1cc(OC)c(cc1C2CCCCCCCCCCC)C3CCCCCCCCCCC. The first-order chi connectivity index (χ1) is 52.4. The Balaban J connectivity index is 1.59. The number of hydrogen-bond acceptors (Lipinski definition) is 14. The molecule has 106 heavy (non-hydrogen) atoms. The Bertz CT molecular complexity index is 2700. The highest BCUT2D eigenvalue weighted by molar-refractivity contribution is 5.63. The van der Waals surface area contributed by atoms with Crippen molar-refractivity contribution in [1.29, 1.82) is 0 Å². The van der Waals surface area contributed by atoms with E-state index in [4.69, 9.17) is 66.3 Å². The standard InChI is InChI=1S/C92H148O14/c1-9-13-17-21-25-29-33-37-41-45-73-77-65-83-76(48-44-40-36-32-28-24-20-16-12-4)80-68-82-74(46-42-38-34-30-26-22-18-14-10-2)78-66-84(92(70-86(78)94-6)106-64-60-102-56-52-98-50-54-100-58-62-104-90(82)72-88(80)96-8)75(47-43-39-35-31-27-23-19-15-11-3)79-67-81(73)89(71-87(79)95-7)103-61-57-99-53-49-97-51-55-101-59-63-105-91(83)69-85(77)93-5/h65-76H,9-64H2,1-8H3. The third-order valence-corrected chi connectivity index (χ3v) is 22.3. The number of unbranched alkanes of at least 4 members (excludes halogenated alkanes) is 32. The van der Waals surface area contributed by atoms with Crippen molar-refractivity contribution in [3.8, 4) is 46.0 Å². The van der Waals surface area contributed by atoms with Gasteiger partial charge in [0.2, 0.25) is 0 Å². The van der Waals surface area contributed by atoms with Gasteiger partial charge in [0, 0.05) is 92.4 Å². The number of ether oxygens (including phenoxy) is 14. The summed E-state index contributed by atoms with van der Waals surface area (Å²) in [6, 6.07) is 18.8. The lowest BCUT2D eigenvalue weighted by Crippen LogP contribution is -2.18. The molecule has 0 amide bonds. The summed E-state index contributed by atoms with van der Waals surface area (Å²) in [4.78, 5) is 0. The molecule has 3 heterocycles. The van der Waals surface area contributed by atoms with E-state index < -0.39 is 0 Å². The smallest absolute Gasteiger partial charge is 0.126 e. The van der Waals surface area contributed by atoms with Gasteiger partial charge in [0.25, 0.3) is 0 Å². The lowest BCUT2D eigenvalue weighted by molar-refractivity contribution is 0.00483. The largest absolute Gasteiger partial charge is 0.496 e. The molecule has 4 aliphatic rings. The first-order valence-corrected chi connectivity index (χ1v) is 43.3. The van der Waals surface area contributed by atoms with Crippen LogP contribution in [0.2, 0.25) is 0 Å². The average molecular weight is 1480 g/mol. The van der Waals surface area contributed by atoms with Gasteiger partial charge in [-0.25, -0.2) is 0 Å². The van der Waals surface area contributed by atoms with Crippen molar-refractivity contribution in [1.82, 2.24) is 0 Å². The van der Waals surface area contributed by atoms with Crippen LogP contribution in [0.1, 0.15) is 353 Å². The molecular formula is C92H148O14. The van der Waals surface area contributed by atoms with Gasteiger partial charge in [-0.15, -0.1) is 0 Å². The minimum atomic E-state index is -0.189. The molecule has 10 bridgehead atoms. The Kier molecular flexibility index (Phi) is 46.2. The lowest BCUT2D eigenvalue weighted by atomic mass is 9.76. The van der Waals surface area contributed by atoms with Gasteiger partial charge in [-0.05, 0) is 49.9 Å². The summed E-state index contributed by atoms with van der Waals surface area (Å²) < 4.78 is 93.4. The maximum Gasteiger partial charge on any atom is 0.126 e. The molecule has 4 aromatic carbocycles. The summed E-state index contributed by atoms with van der Waals surface area (Å²) in [5.74, 6) is 5.52. The van der Waals surface area contributed by atoms with Crippen LogP contribution in [-0.4, -0.2) is 134 Å². The van der Waals surface area contributed by atoms with Crippen LogP contribution in [0.3, 0.4) is 0 Å². The molecule has 4 aromatic rings. The molecule has 14 heteroatoms. The quantitative estimate of drug-likeness (QED) is 0.0308. The third-order valence-electron chi connectivity index (χ3n) is 22.3. The fourth-order valence-corrected chi connectivity index (χ4v) is 16.2. The molecule has 600 valence electrons. The Labute approximate surface area is 644 Å². The van der Waals surface area contributed by atoms with E-state index in [1.165, 1.54) is 180 Å². The minimum absolute atomic E-state index is 0.184. The van der Waals surface area contributed by atoms with Gasteiger partial charge in [-0.3, -0.25) is 0 Å². The summed E-state index contributed by atoms with van der Waals surface area (Å²) in [6.45, 7) is 15.7. The van der Waals surface area contributed by atoms with Crippen LogP contribution in [0, 0.1) is 0 Å². The molecule has 0 saturated heterocycles. The predicted octanol–water partition coefficient (Wildman–Crippen LogP) is 23.9. The Hall–Kier alpha value is -4.96. The van der Waals surface area contributed by atoms with Crippen molar-refractivity contribution in [3.63, 3.8) is 0 Å². The zero-order valence-electron chi connectivity index (χ0n) is 68.2. The molecule has 14 nitrogen and oxygen atoms in total. The predicted molar refractivity (Wildman–Crippen MR) is 434 cm³/mol. The Morgan fingerprint density at radius 3 is 0.538 bits per heavy atom. The molecule has 1 aliphatic carbocycles. The van der Waals surface area contributed by atoms with Crippen LogP contribution in [-0.2, 0) is 28.4 Å². The first kappa shape index (κ1) is 88.3. The fraction of sp³-hybridized carbons (Fsp3) is 0.739. The molecule has 0 saturated carbocycles. The second-order valence-corrected chi connectivity index (χ2v) is 30.3. The number of hydrogen-bond donors (Lipinski definition) is 0. The molecular weight excluding hydrogens is 1330 g/mol. The molecule has 0 N–H and O–H groups in total. The van der Waals surface area contributed by atoms with E-state index in [9.17, 15) is 0 Å². The molecule has 0 radical (unpaired) electrons. The number of methoxy groups -OCH3 is 4. The molecule has 4 atom stereocenters. The van der Waals surface area contributed by atoms with Gasteiger partial charge < -0.3 is 66.3 Å². The zero-order chi connectivity index (χ0) is 74.7. The highest BCUT2D eigenvalue weighted by Crippen LogP contribution is 2.54. The monoisotopic (exact) mass is 1480 g/mol. The van der Waals surface area contributed by atoms with Crippen LogP contribution in [0.25, 0.3) is 0 Å². The normalized spacial score (nSPS) is 18.0. The third kappa shape index (κ3) is 31.1. The van der Waals surface area contributed by atoms with Gasteiger partial charge >= 0.3 is 0 Å². The highest BCUT2D eigenvalue weighted by Gasteiger charge is 2.35. The van der Waals surface area contributed by atoms with Crippen molar-refractivity contribution in [2.75, 3.05) is 134 Å². The second kappa shape index (κ2) is 55.4. The minimum Gasteiger partial charge on any atom is -0.496 e. The van der Waals surface area contributed by atoms with Crippen LogP contribution in [0.4, 0.5) is 0 Å². The summed E-state index contributed by atoms with van der Waals surface area (Å²) in [6.07, 6.45) is 47.4. The second-order valence-electron chi connectivity index (χ2n) is 30.3. The highest BCUT2D eigenvalue weighted by atomic mass is 16.6. The molecule has 3 aliphatic heterocycles. The summed E-state index contributed by atoms with van der Waals surface area (Å²) in [5.41, 5.74) is 8.85. The topological polar surface area (TPSA) is 129 Å². The van der Waals surface area contributed by atoms with Crippen LogP contribution < -0.4 is 37.9 Å². The lowest BCUT2D eigenvalue weighted by Gasteiger charge is -2.32. The van der Waals surface area contributed by atoms with Crippen molar-refractivity contribution in [3.05, 3.63) is 93.0 Å². The molecule has 0 aromatic heterocycles. The van der Waals surface area contributed by atoms with Gasteiger partial charge in [0.1, 0.15) is 72.4 Å². The van der Waals surface area contributed by atoms with Gasteiger partial charge in [0.15, 0.2) is 0 Å². The summed E-state index contributed by atoms with van der Waals surface area (Å²) in [5, 5.41) is 0. The van der Waals surface area contributed by atoms with Crippen molar-refractivity contribution in [2.45, 2.75) is 308 Å². The zero-order valence-corrected chi connectivity index (χ0v) is 68.2. The van der Waals surface area contributed by atoms with E-state index in [1.807, 2.05) is 28.4 Å². The first-order valence-electron chi connectivity index (χ1n) is 43.3. The summed E-state index contributed by atoms with van der Waals surface area (Å²) >= 11 is 0. The number of benzene rings is 4. The Morgan fingerprint density at radius 1 is 0.208 bits per heavy atom. The molecule has 4 unspecified atom stereocenters. The average Bonchev–Trinajstić information content (AvgIpc) is 0.750. The van der Waals surface area contributed by atoms with E-state index in [-0.39, 0.29) is 23.7 Å². The maximum absolute atomic E-state index is 7.23. The van der Waals surface area contributed by atoms with Gasteiger partial charge in [0.05, 0.1) is 108 Å². The van der Waals surface area contributed by atoms with Crippen LogP contribution in [0.15, 0.2) is 48.5 Å². The van der Waals surface area contributed by atoms with Crippen LogP contribution in [0.5, 0.6) is 46.0 Å². The van der Waals surface area contributed by atoms with E-state index in [1.54, 1.807) is 0 Å². The van der Waals surface area contributed by atoms with Gasteiger partial charge in [-0.1, -0.05) is 259 Å². The van der Waals surface area contributed by atoms with E-state index in [0.717, 1.165) is 168 Å². The number of fused-ring (bicyclic) bond motifs is 15. The van der Waals surface area contributed by atoms with E-state index in [0.29, 0.717) is 106 Å². The number of rotatable bonds is 44. The summed E-state index contributed by atoms with van der Waals surface area (Å²) in [7, 11) is 7.34. The molecule has 8 rings (SSSR count). The maximum atomic E-state index is 7.23. The van der Waals surface area contributed by atoms with Gasteiger partial charge in [-0.2, -0.15) is 0 Å². The Morgan fingerprint density at radius 2 is 0.368 bits per heavy atom. The van der Waals surface area contributed by atoms with E-state index >= 15 is 0 Å². The van der Waals surface area contributed by atoms with Crippen LogP contribution >= 0.6 is 0 Å². The molecule has 0 fully saturated rings. The fourth-order valence-electron chi connectivity index (χ4n) is 16.2. The van der Waals surface area contributed by atoms with Crippen molar-refractivity contribution >= 4 is 0 Å². The molecule has 0 spiro atoms. The van der Waals surface area contributed by atoms with E-state index in [2.05, 4.69) is 76.2 Å². The van der Waals surface area contributed by atoms with Crippen molar-refractivity contribution in [2.24, 2.45) is 0 Å². The van der Waals surface area contributed by atoms with Crippen molar-refractivity contribution < 1.29 is 66.3 Å².